The predicted molar refractivity (Wildman–Crippen MR) is 118 cm³/mol. The summed E-state index contributed by atoms with van der Waals surface area (Å²) in [4.78, 5) is 17.0. The first-order valence-corrected chi connectivity index (χ1v) is 10.2. The number of hydrogen-bond acceptors (Lipinski definition) is 3. The molecule has 2 aromatic heterocycles. The fraction of sp³-hybridized carbons (Fsp3) is 0.208. The van der Waals surface area contributed by atoms with Gasteiger partial charge in [-0.2, -0.15) is 5.10 Å². The van der Waals surface area contributed by atoms with E-state index in [1.165, 1.54) is 5.56 Å². The summed E-state index contributed by atoms with van der Waals surface area (Å²) in [6.45, 7) is 3.57. The van der Waals surface area contributed by atoms with Crippen molar-refractivity contribution in [1.82, 2.24) is 24.6 Å². The van der Waals surface area contributed by atoms with Crippen LogP contribution in [-0.2, 0) is 6.54 Å². The Labute approximate surface area is 176 Å². The Morgan fingerprint density at radius 1 is 1.03 bits per heavy atom. The van der Waals surface area contributed by atoms with Crippen LogP contribution in [0.15, 0.2) is 79.5 Å². The molecule has 0 radical (unpaired) electrons. The summed E-state index contributed by atoms with van der Waals surface area (Å²) in [5.74, 6) is -0.102. The van der Waals surface area contributed by atoms with E-state index in [2.05, 4.69) is 10.3 Å². The summed E-state index contributed by atoms with van der Waals surface area (Å²) in [5, 5.41) is 7.77. The van der Waals surface area contributed by atoms with E-state index in [1.807, 2.05) is 84.8 Å². The molecule has 1 amide bonds. The molecule has 0 saturated heterocycles. The molecule has 0 bridgehead atoms. The zero-order valence-corrected chi connectivity index (χ0v) is 17.0. The summed E-state index contributed by atoms with van der Waals surface area (Å²) >= 11 is 0. The number of imidazole rings is 1. The first kappa shape index (κ1) is 19.6. The zero-order chi connectivity index (χ0) is 20.8. The molecular weight excluding hydrogens is 374 g/mol. The van der Waals surface area contributed by atoms with Crippen molar-refractivity contribution >= 4 is 5.91 Å². The van der Waals surface area contributed by atoms with Gasteiger partial charge in [0.15, 0.2) is 0 Å². The third kappa shape index (κ3) is 4.66. The molecule has 30 heavy (non-hydrogen) atoms. The van der Waals surface area contributed by atoms with Crippen molar-refractivity contribution in [2.45, 2.75) is 26.3 Å². The van der Waals surface area contributed by atoms with Gasteiger partial charge in [0.25, 0.3) is 5.91 Å². The molecule has 0 aliphatic carbocycles. The normalized spacial score (nSPS) is 10.8. The molecule has 6 heteroatoms. The first-order valence-electron chi connectivity index (χ1n) is 10.2. The van der Waals surface area contributed by atoms with Crippen LogP contribution in [0.3, 0.4) is 0 Å². The lowest BCUT2D eigenvalue weighted by Gasteiger charge is -2.06. The highest BCUT2D eigenvalue weighted by Crippen LogP contribution is 2.23. The van der Waals surface area contributed by atoms with Crippen molar-refractivity contribution in [1.29, 1.82) is 0 Å². The smallest absolute Gasteiger partial charge is 0.255 e. The molecule has 2 heterocycles. The summed E-state index contributed by atoms with van der Waals surface area (Å²) in [6.07, 6.45) is 9.22. The largest absolute Gasteiger partial charge is 0.352 e. The molecule has 6 nitrogen and oxygen atoms in total. The number of nitrogens with one attached hydrogen (secondary N) is 1. The molecule has 0 spiro atoms. The maximum Gasteiger partial charge on any atom is 0.255 e. The minimum absolute atomic E-state index is 0.102. The van der Waals surface area contributed by atoms with E-state index in [0.717, 1.165) is 30.6 Å². The van der Waals surface area contributed by atoms with E-state index >= 15 is 0 Å². The minimum atomic E-state index is -0.102. The second-order valence-corrected chi connectivity index (χ2v) is 7.30. The van der Waals surface area contributed by atoms with Crippen LogP contribution in [-0.4, -0.2) is 31.8 Å². The number of hydrogen-bond donors (Lipinski definition) is 1. The SMILES string of the molecule is Cc1ccc(-n2cc(C(=O)NCCCCn3ccnc3)c(-c3ccccc3)n2)cc1. The molecule has 4 rings (SSSR count). The first-order chi connectivity index (χ1) is 14.7. The van der Waals surface area contributed by atoms with Crippen molar-refractivity contribution in [3.63, 3.8) is 0 Å². The van der Waals surface area contributed by atoms with Crippen molar-refractivity contribution in [2.75, 3.05) is 6.54 Å². The molecule has 2 aromatic carbocycles. The van der Waals surface area contributed by atoms with E-state index < -0.39 is 0 Å². The number of amides is 1. The van der Waals surface area contributed by atoms with Crippen LogP contribution in [0, 0.1) is 6.92 Å². The van der Waals surface area contributed by atoms with Crippen molar-refractivity contribution in [2.24, 2.45) is 0 Å². The molecule has 0 fully saturated rings. The quantitative estimate of drug-likeness (QED) is 0.451. The number of nitrogens with zero attached hydrogens (tertiary/aromatic N) is 4. The Hall–Kier alpha value is -3.67. The van der Waals surface area contributed by atoms with Gasteiger partial charge < -0.3 is 9.88 Å². The summed E-state index contributed by atoms with van der Waals surface area (Å²) in [6, 6.07) is 17.9. The number of benzene rings is 2. The number of rotatable bonds is 8. The average molecular weight is 399 g/mol. The fourth-order valence-corrected chi connectivity index (χ4v) is 3.31. The fourth-order valence-electron chi connectivity index (χ4n) is 3.31. The molecule has 0 aliphatic heterocycles. The van der Waals surface area contributed by atoms with Crippen LogP contribution in [0.5, 0.6) is 0 Å². The van der Waals surface area contributed by atoms with E-state index in [9.17, 15) is 4.79 Å². The van der Waals surface area contributed by atoms with Gasteiger partial charge in [0.05, 0.1) is 17.6 Å². The highest BCUT2D eigenvalue weighted by Gasteiger charge is 2.18. The molecule has 0 atom stereocenters. The topological polar surface area (TPSA) is 64.7 Å². The van der Waals surface area contributed by atoms with E-state index in [4.69, 9.17) is 5.10 Å². The van der Waals surface area contributed by atoms with Crippen LogP contribution < -0.4 is 5.32 Å². The van der Waals surface area contributed by atoms with Crippen LogP contribution in [0.25, 0.3) is 16.9 Å². The van der Waals surface area contributed by atoms with Gasteiger partial charge in [-0.3, -0.25) is 4.79 Å². The zero-order valence-electron chi connectivity index (χ0n) is 17.0. The Bertz CT molecular complexity index is 1080. The lowest BCUT2D eigenvalue weighted by Crippen LogP contribution is -2.24. The van der Waals surface area contributed by atoms with E-state index in [-0.39, 0.29) is 5.91 Å². The van der Waals surface area contributed by atoms with Crippen molar-refractivity contribution < 1.29 is 4.79 Å². The highest BCUT2D eigenvalue weighted by molar-refractivity contribution is 5.99. The number of aromatic nitrogens is 4. The Balaban J connectivity index is 1.48. The summed E-state index contributed by atoms with van der Waals surface area (Å²) in [7, 11) is 0. The number of unbranched alkanes of at least 4 members (excludes halogenated alkanes) is 1. The molecular formula is C24H25N5O. The highest BCUT2D eigenvalue weighted by atomic mass is 16.1. The van der Waals surface area contributed by atoms with Crippen LogP contribution in [0.2, 0.25) is 0 Å². The lowest BCUT2D eigenvalue weighted by molar-refractivity contribution is 0.0953. The Morgan fingerprint density at radius 3 is 2.57 bits per heavy atom. The third-order valence-electron chi connectivity index (χ3n) is 4.99. The minimum Gasteiger partial charge on any atom is -0.352 e. The third-order valence-corrected chi connectivity index (χ3v) is 4.99. The van der Waals surface area contributed by atoms with Gasteiger partial charge in [-0.25, -0.2) is 9.67 Å². The van der Waals surface area contributed by atoms with Gasteiger partial charge in [-0.1, -0.05) is 48.0 Å². The van der Waals surface area contributed by atoms with Gasteiger partial charge in [0.2, 0.25) is 0 Å². The van der Waals surface area contributed by atoms with E-state index in [0.29, 0.717) is 17.8 Å². The summed E-state index contributed by atoms with van der Waals surface area (Å²) < 4.78 is 3.82. The second-order valence-electron chi connectivity index (χ2n) is 7.30. The van der Waals surface area contributed by atoms with E-state index in [1.54, 1.807) is 10.9 Å². The number of aryl methyl sites for hydroxylation is 2. The Kier molecular flexibility index (Phi) is 6.03. The molecule has 0 unspecified atom stereocenters. The number of carbonyl (C=O) groups excluding carboxylic acids is 1. The van der Waals surface area contributed by atoms with Crippen LogP contribution in [0.4, 0.5) is 0 Å². The predicted octanol–water partition coefficient (Wildman–Crippen LogP) is 4.25. The maximum absolute atomic E-state index is 12.9. The molecule has 0 saturated carbocycles. The van der Waals surface area contributed by atoms with Gasteiger partial charge in [0, 0.05) is 37.2 Å². The average Bonchev–Trinajstić information content (AvgIpc) is 3.45. The maximum atomic E-state index is 12.9. The van der Waals surface area contributed by atoms with Gasteiger partial charge in [-0.05, 0) is 31.9 Å². The molecule has 4 aromatic rings. The summed E-state index contributed by atoms with van der Waals surface area (Å²) in [5.41, 5.74) is 4.30. The second kappa shape index (κ2) is 9.22. The van der Waals surface area contributed by atoms with Gasteiger partial charge >= 0.3 is 0 Å². The number of carbonyl (C=O) groups is 1. The lowest BCUT2D eigenvalue weighted by atomic mass is 10.1. The Morgan fingerprint density at radius 2 is 1.83 bits per heavy atom. The molecule has 152 valence electrons. The van der Waals surface area contributed by atoms with Gasteiger partial charge in [0.1, 0.15) is 5.69 Å². The molecule has 1 N–H and O–H groups in total. The monoisotopic (exact) mass is 399 g/mol. The van der Waals surface area contributed by atoms with Crippen LogP contribution in [0.1, 0.15) is 28.8 Å². The van der Waals surface area contributed by atoms with Crippen molar-refractivity contribution in [3.05, 3.63) is 90.6 Å². The standard InChI is InChI=1S/C24H25N5O/c1-19-9-11-21(12-10-19)29-17-22(23(27-29)20-7-3-2-4-8-20)24(30)26-13-5-6-15-28-16-14-25-18-28/h2-4,7-12,14,16-18H,5-6,13,15H2,1H3,(H,26,30). The van der Waals surface area contributed by atoms with Gasteiger partial charge in [-0.15, -0.1) is 0 Å². The molecule has 0 aliphatic rings. The van der Waals surface area contributed by atoms with Crippen LogP contribution >= 0.6 is 0 Å². The van der Waals surface area contributed by atoms with Crippen molar-refractivity contribution in [3.8, 4) is 16.9 Å².